The molecule has 15 heteroatoms. The average Bonchev–Trinajstić information content (AvgIpc) is 3.57. The van der Waals surface area contributed by atoms with Crippen molar-refractivity contribution in [3.63, 3.8) is 0 Å². The number of pyridine rings is 1. The number of nitriles is 1. The van der Waals surface area contributed by atoms with Crippen molar-refractivity contribution in [1.82, 2.24) is 15.0 Å². The van der Waals surface area contributed by atoms with E-state index in [1.807, 2.05) is 6.07 Å². The van der Waals surface area contributed by atoms with Crippen LogP contribution in [0.2, 0.25) is 0 Å². The number of hydrogen-bond donors (Lipinski definition) is 2. The summed E-state index contributed by atoms with van der Waals surface area (Å²) in [7, 11) is 1.27. The molecule has 5 aromatic rings. The van der Waals surface area contributed by atoms with Crippen LogP contribution < -0.4 is 25.8 Å². The normalized spacial score (nSPS) is 18.4. The lowest BCUT2D eigenvalue weighted by Crippen LogP contribution is -2.46. The van der Waals surface area contributed by atoms with E-state index in [2.05, 4.69) is 15.0 Å². The van der Waals surface area contributed by atoms with E-state index in [4.69, 9.17) is 25.7 Å². The summed E-state index contributed by atoms with van der Waals surface area (Å²) in [5.41, 5.74) is 9.95. The van der Waals surface area contributed by atoms with Crippen molar-refractivity contribution in [1.29, 1.82) is 5.26 Å². The third kappa shape index (κ3) is 4.27. The summed E-state index contributed by atoms with van der Waals surface area (Å²) in [6, 6.07) is 8.22. The predicted octanol–water partition coefficient (Wildman–Crippen LogP) is 5.84. The summed E-state index contributed by atoms with van der Waals surface area (Å²) in [4.78, 5) is 14.6. The largest absolute Gasteiger partial charge is 0.484 e. The maximum absolute atomic E-state index is 17.0. The summed E-state index contributed by atoms with van der Waals surface area (Å²) in [5, 5.41) is 9.77. The number of fused-ring (bicyclic) bond motifs is 2. The van der Waals surface area contributed by atoms with E-state index >= 15 is 17.6 Å². The molecule has 3 unspecified atom stereocenters. The number of hydrogen-bond acceptors (Lipinski definition) is 11. The number of anilines is 3. The van der Waals surface area contributed by atoms with Gasteiger partial charge < -0.3 is 30.6 Å². The van der Waals surface area contributed by atoms with Gasteiger partial charge in [-0.3, -0.25) is 0 Å². The van der Waals surface area contributed by atoms with Crippen LogP contribution in [0.1, 0.15) is 29.7 Å². The number of nitrogen functional groups attached to an aromatic ring is 2. The van der Waals surface area contributed by atoms with Crippen molar-refractivity contribution in [2.45, 2.75) is 31.3 Å². The highest BCUT2D eigenvalue weighted by atomic mass is 32.1. The molecule has 7 rings (SSSR count). The van der Waals surface area contributed by atoms with Gasteiger partial charge in [-0.05, 0) is 24.6 Å². The molecule has 3 aromatic heterocycles. The summed E-state index contributed by atoms with van der Waals surface area (Å²) < 4.78 is 80.8. The van der Waals surface area contributed by atoms with E-state index in [9.17, 15) is 5.26 Å². The first-order chi connectivity index (χ1) is 21.5. The Bertz CT molecular complexity index is 2060. The third-order valence-electron chi connectivity index (χ3n) is 8.20. The number of ether oxygens (including phenoxy) is 3. The van der Waals surface area contributed by atoms with Gasteiger partial charge in [-0.25, -0.2) is 9.37 Å². The lowest BCUT2D eigenvalue weighted by Gasteiger charge is -2.36. The fourth-order valence-corrected chi connectivity index (χ4v) is 7.22. The molecule has 3 atom stereocenters. The summed E-state index contributed by atoms with van der Waals surface area (Å²) in [5.74, 6) is -1.78. The van der Waals surface area contributed by atoms with Gasteiger partial charge in [0.1, 0.15) is 45.6 Å². The van der Waals surface area contributed by atoms with Crippen molar-refractivity contribution in [3.05, 3.63) is 59.0 Å². The van der Waals surface area contributed by atoms with Gasteiger partial charge in [0.2, 0.25) is 0 Å². The number of nitrogens with zero attached hydrogens (tertiary/aromatic N) is 5. The van der Waals surface area contributed by atoms with Gasteiger partial charge in [-0.15, -0.1) is 11.3 Å². The van der Waals surface area contributed by atoms with Gasteiger partial charge in [0, 0.05) is 27.4 Å². The highest BCUT2D eigenvalue weighted by Crippen LogP contribution is 2.54. The first kappa shape index (κ1) is 28.8. The van der Waals surface area contributed by atoms with Crippen molar-refractivity contribution in [2.75, 3.05) is 36.7 Å². The molecular formula is C30H23F4N7O3S. The minimum absolute atomic E-state index is 0.0459. The van der Waals surface area contributed by atoms with E-state index in [0.29, 0.717) is 10.3 Å². The number of alkyl halides is 3. The minimum Gasteiger partial charge on any atom is -0.484 e. The van der Waals surface area contributed by atoms with E-state index < -0.39 is 52.6 Å². The second-order valence-corrected chi connectivity index (χ2v) is 11.7. The van der Waals surface area contributed by atoms with Crippen molar-refractivity contribution in [2.24, 2.45) is 0 Å². The van der Waals surface area contributed by atoms with Gasteiger partial charge in [0.05, 0.1) is 43.4 Å². The fraction of sp³-hybridized carbons (Fsp3) is 0.267. The Morgan fingerprint density at radius 3 is 2.67 bits per heavy atom. The maximum Gasteiger partial charge on any atom is 0.420 e. The van der Waals surface area contributed by atoms with E-state index in [-0.39, 0.29) is 57.8 Å². The number of benzene rings is 2. The number of thiophene rings is 1. The Labute approximate surface area is 256 Å². The van der Waals surface area contributed by atoms with Crippen LogP contribution in [0, 0.1) is 17.1 Å². The van der Waals surface area contributed by atoms with Crippen molar-refractivity contribution >= 4 is 49.0 Å². The molecule has 0 spiro atoms. The zero-order chi connectivity index (χ0) is 31.8. The number of halogens is 4. The molecule has 0 bridgehead atoms. The molecule has 0 radical (unpaired) electrons. The number of rotatable bonds is 4. The number of methoxy groups -OCH3 is 1. The molecule has 230 valence electrons. The smallest absolute Gasteiger partial charge is 0.420 e. The van der Waals surface area contributed by atoms with Crippen molar-refractivity contribution < 1.29 is 31.8 Å². The van der Waals surface area contributed by atoms with E-state index in [1.54, 1.807) is 30.0 Å². The van der Waals surface area contributed by atoms with Crippen LogP contribution in [0.5, 0.6) is 11.8 Å². The molecule has 2 aliphatic heterocycles. The molecular weight excluding hydrogens is 614 g/mol. The molecule has 0 aliphatic carbocycles. The van der Waals surface area contributed by atoms with Crippen LogP contribution in [0.4, 0.5) is 34.2 Å². The van der Waals surface area contributed by atoms with Crippen LogP contribution in [-0.4, -0.2) is 47.4 Å². The maximum atomic E-state index is 17.0. The molecule has 2 aliphatic rings. The van der Waals surface area contributed by atoms with E-state index in [1.165, 1.54) is 25.4 Å². The van der Waals surface area contributed by atoms with Crippen LogP contribution >= 0.6 is 11.3 Å². The fourth-order valence-electron chi connectivity index (χ4n) is 6.28. The monoisotopic (exact) mass is 637 g/mol. The van der Waals surface area contributed by atoms with Crippen LogP contribution in [-0.2, 0) is 10.9 Å². The molecule has 10 nitrogen and oxygen atoms in total. The van der Waals surface area contributed by atoms with Crippen LogP contribution in [0.15, 0.2) is 36.5 Å². The lowest BCUT2D eigenvalue weighted by molar-refractivity contribution is -0.138. The standard InChI is InChI=1S/C30H23F4N7O3S/c1-12(13-6-4-8-38-26(13)36)41-16-10-43-11-17(16)44-25-21-24(39-29(42-2)40-28(21)41)23(31)20(22(25)30(32,33)34)14-5-3-7-18-19(14)15(9-35)27(37)45-18/h3-8,12,16-17H,10-11,37H2,1-2H3,(H2,36,38). The quantitative estimate of drug-likeness (QED) is 0.231. The summed E-state index contributed by atoms with van der Waals surface area (Å²) >= 11 is 1.02. The molecule has 2 aromatic carbocycles. The molecule has 1 fully saturated rings. The van der Waals surface area contributed by atoms with Gasteiger partial charge in [0.15, 0.2) is 5.82 Å². The predicted molar refractivity (Wildman–Crippen MR) is 160 cm³/mol. The van der Waals surface area contributed by atoms with Gasteiger partial charge in [-0.2, -0.15) is 28.4 Å². The number of nitrogens with two attached hydrogens (primary N) is 2. The molecule has 5 heterocycles. The Morgan fingerprint density at radius 1 is 1.16 bits per heavy atom. The van der Waals surface area contributed by atoms with Gasteiger partial charge in [-0.1, -0.05) is 18.2 Å². The Balaban J connectivity index is 1.64. The van der Waals surface area contributed by atoms with E-state index in [0.717, 1.165) is 11.3 Å². The second kappa shape index (κ2) is 10.3. The average molecular weight is 638 g/mol. The Hall–Kier alpha value is -4.94. The Morgan fingerprint density at radius 2 is 1.96 bits per heavy atom. The highest BCUT2D eigenvalue weighted by Gasteiger charge is 2.48. The summed E-state index contributed by atoms with van der Waals surface area (Å²) in [6.07, 6.45) is -4.53. The third-order valence-corrected chi connectivity index (χ3v) is 9.18. The Kier molecular flexibility index (Phi) is 6.60. The molecule has 0 amide bonds. The lowest BCUT2D eigenvalue weighted by atomic mass is 9.91. The molecule has 0 saturated carbocycles. The SMILES string of the molecule is COc1nc2c3c(c(C(F)(F)F)c(-c4cccc5sc(N)c(C#N)c45)c(F)c3n1)OC1COCC1N2C(C)c1cccnc1N. The van der Waals surface area contributed by atoms with Gasteiger partial charge >= 0.3 is 12.2 Å². The second-order valence-electron chi connectivity index (χ2n) is 10.6. The van der Waals surface area contributed by atoms with Crippen molar-refractivity contribution in [3.8, 4) is 29.0 Å². The molecule has 1 saturated heterocycles. The molecule has 45 heavy (non-hydrogen) atoms. The first-order valence-electron chi connectivity index (χ1n) is 13.7. The van der Waals surface area contributed by atoms with Crippen LogP contribution in [0.3, 0.4) is 0 Å². The first-order valence-corrected chi connectivity index (χ1v) is 14.5. The number of aromatic nitrogens is 3. The zero-order valence-electron chi connectivity index (χ0n) is 23.6. The van der Waals surface area contributed by atoms with Gasteiger partial charge in [0.25, 0.3) is 0 Å². The summed E-state index contributed by atoms with van der Waals surface area (Å²) in [6.45, 7) is 1.82. The minimum atomic E-state index is -5.13. The topological polar surface area (TPSA) is 145 Å². The zero-order valence-corrected chi connectivity index (χ0v) is 24.5. The molecule has 4 N–H and O–H groups in total. The highest BCUT2D eigenvalue weighted by molar-refractivity contribution is 7.23. The van der Waals surface area contributed by atoms with Crippen LogP contribution in [0.25, 0.3) is 32.1 Å².